The molecule has 0 radical (unpaired) electrons. The van der Waals surface area contributed by atoms with Crippen molar-refractivity contribution in [2.75, 3.05) is 6.54 Å². The summed E-state index contributed by atoms with van der Waals surface area (Å²) in [6.07, 6.45) is 4.49. The molecule has 0 saturated heterocycles. The van der Waals surface area contributed by atoms with E-state index >= 15 is 0 Å². The van der Waals surface area contributed by atoms with E-state index in [4.69, 9.17) is 4.42 Å². The van der Waals surface area contributed by atoms with Crippen molar-refractivity contribution in [3.8, 4) is 10.4 Å². The molecule has 0 aliphatic rings. The normalized spacial score (nSPS) is 11.0. The fourth-order valence-corrected chi connectivity index (χ4v) is 3.81. The van der Waals surface area contributed by atoms with Crippen LogP contribution in [-0.2, 0) is 13.5 Å². The molecule has 6 nitrogen and oxygen atoms in total. The molecule has 0 aliphatic heterocycles. The van der Waals surface area contributed by atoms with Crippen LogP contribution in [0.5, 0.6) is 0 Å². The van der Waals surface area contributed by atoms with Gasteiger partial charge in [-0.05, 0) is 30.7 Å². The maximum Gasteiger partial charge on any atom is 0.349 e. The standard InChI is InChI=1S/C20H17N3O3S/c1-23-12-14(11-22-23)18-7-6-15(27-18)8-9-21-19(24)16-10-13-4-2-3-5-17(13)26-20(16)25/h2-7,10-12H,8-9H2,1H3,(H,21,24). The molecule has 0 unspecified atom stereocenters. The second kappa shape index (κ2) is 7.20. The van der Waals surface area contributed by atoms with E-state index in [1.807, 2.05) is 31.6 Å². The van der Waals surface area contributed by atoms with Gasteiger partial charge in [-0.15, -0.1) is 11.3 Å². The van der Waals surface area contributed by atoms with Gasteiger partial charge in [-0.2, -0.15) is 5.10 Å². The van der Waals surface area contributed by atoms with Crippen molar-refractivity contribution in [3.05, 3.63) is 75.7 Å². The van der Waals surface area contributed by atoms with E-state index in [0.717, 1.165) is 20.7 Å². The first-order chi connectivity index (χ1) is 13.1. The molecule has 7 heteroatoms. The number of para-hydroxylation sites is 1. The van der Waals surface area contributed by atoms with Crippen LogP contribution < -0.4 is 10.9 Å². The average Bonchev–Trinajstić information content (AvgIpc) is 3.30. The van der Waals surface area contributed by atoms with Crippen LogP contribution in [0.3, 0.4) is 0 Å². The molecule has 1 N–H and O–H groups in total. The summed E-state index contributed by atoms with van der Waals surface area (Å²) < 4.78 is 6.98. The predicted octanol–water partition coefficient (Wildman–Crippen LogP) is 3.23. The molecular formula is C20H17N3O3S. The number of hydrogen-bond donors (Lipinski definition) is 1. The summed E-state index contributed by atoms with van der Waals surface area (Å²) in [5.74, 6) is -0.418. The number of amides is 1. The van der Waals surface area contributed by atoms with Gasteiger partial charge in [0.1, 0.15) is 11.1 Å². The third kappa shape index (κ3) is 3.68. The van der Waals surface area contributed by atoms with Crippen LogP contribution >= 0.6 is 11.3 Å². The summed E-state index contributed by atoms with van der Waals surface area (Å²) in [7, 11) is 1.89. The Morgan fingerprint density at radius 1 is 1.26 bits per heavy atom. The lowest BCUT2D eigenvalue weighted by Gasteiger charge is -2.04. The fraction of sp³-hybridized carbons (Fsp3) is 0.150. The van der Waals surface area contributed by atoms with E-state index in [1.54, 1.807) is 40.3 Å². The van der Waals surface area contributed by atoms with Gasteiger partial charge < -0.3 is 9.73 Å². The highest BCUT2D eigenvalue weighted by molar-refractivity contribution is 7.15. The highest BCUT2D eigenvalue weighted by atomic mass is 32.1. The van der Waals surface area contributed by atoms with Crippen molar-refractivity contribution in [2.24, 2.45) is 7.05 Å². The summed E-state index contributed by atoms with van der Waals surface area (Å²) in [5, 5.41) is 7.70. The minimum atomic E-state index is -0.624. The van der Waals surface area contributed by atoms with Gasteiger partial charge >= 0.3 is 5.63 Å². The zero-order valence-electron chi connectivity index (χ0n) is 14.6. The Labute approximate surface area is 159 Å². The highest BCUT2D eigenvalue weighted by Crippen LogP contribution is 2.27. The van der Waals surface area contributed by atoms with Gasteiger partial charge in [0.05, 0.1) is 6.20 Å². The molecule has 3 heterocycles. The van der Waals surface area contributed by atoms with Crippen molar-refractivity contribution in [1.29, 1.82) is 0 Å². The lowest BCUT2D eigenvalue weighted by atomic mass is 10.2. The molecule has 0 fully saturated rings. The van der Waals surface area contributed by atoms with Crippen molar-refractivity contribution < 1.29 is 9.21 Å². The van der Waals surface area contributed by atoms with E-state index < -0.39 is 11.5 Å². The van der Waals surface area contributed by atoms with Crippen molar-refractivity contribution in [3.63, 3.8) is 0 Å². The van der Waals surface area contributed by atoms with Crippen LogP contribution in [-0.4, -0.2) is 22.2 Å². The first-order valence-corrected chi connectivity index (χ1v) is 9.30. The molecule has 0 saturated carbocycles. The van der Waals surface area contributed by atoms with Crippen molar-refractivity contribution >= 4 is 28.2 Å². The first kappa shape index (κ1) is 17.2. The smallest absolute Gasteiger partial charge is 0.349 e. The molecule has 0 spiro atoms. The van der Waals surface area contributed by atoms with E-state index in [-0.39, 0.29) is 5.56 Å². The van der Waals surface area contributed by atoms with Gasteiger partial charge in [0.15, 0.2) is 0 Å². The van der Waals surface area contributed by atoms with Gasteiger partial charge in [0, 0.05) is 40.5 Å². The molecular weight excluding hydrogens is 362 g/mol. The molecule has 3 aromatic heterocycles. The van der Waals surface area contributed by atoms with Gasteiger partial charge in [-0.25, -0.2) is 4.79 Å². The molecule has 1 amide bonds. The quantitative estimate of drug-likeness (QED) is 0.540. The number of fused-ring (bicyclic) bond motifs is 1. The van der Waals surface area contributed by atoms with Crippen LogP contribution in [0.15, 0.2) is 64.1 Å². The Balaban J connectivity index is 1.41. The van der Waals surface area contributed by atoms with Crippen LogP contribution in [0.4, 0.5) is 0 Å². The molecule has 4 aromatic rings. The zero-order chi connectivity index (χ0) is 18.8. The van der Waals surface area contributed by atoms with Crippen LogP contribution in [0.2, 0.25) is 0 Å². The third-order valence-corrected chi connectivity index (χ3v) is 5.39. The maximum absolute atomic E-state index is 12.4. The first-order valence-electron chi connectivity index (χ1n) is 8.49. The minimum absolute atomic E-state index is 0.0240. The Hall–Kier alpha value is -3.19. The Morgan fingerprint density at radius 2 is 2.11 bits per heavy atom. The molecule has 0 bridgehead atoms. The van der Waals surface area contributed by atoms with E-state index in [9.17, 15) is 9.59 Å². The Kier molecular flexibility index (Phi) is 4.60. The topological polar surface area (TPSA) is 77.1 Å². The Morgan fingerprint density at radius 3 is 2.93 bits per heavy atom. The number of nitrogens with one attached hydrogen (secondary N) is 1. The number of rotatable bonds is 5. The van der Waals surface area contributed by atoms with Crippen LogP contribution in [0, 0.1) is 0 Å². The lowest BCUT2D eigenvalue weighted by molar-refractivity contribution is 0.0950. The minimum Gasteiger partial charge on any atom is -0.422 e. The summed E-state index contributed by atoms with van der Waals surface area (Å²) in [4.78, 5) is 26.7. The van der Waals surface area contributed by atoms with Gasteiger partial charge in [-0.1, -0.05) is 18.2 Å². The number of hydrogen-bond acceptors (Lipinski definition) is 5. The van der Waals surface area contributed by atoms with E-state index in [0.29, 0.717) is 18.5 Å². The van der Waals surface area contributed by atoms with Crippen molar-refractivity contribution in [2.45, 2.75) is 6.42 Å². The molecule has 136 valence electrons. The molecule has 4 rings (SSSR count). The van der Waals surface area contributed by atoms with Gasteiger partial charge in [-0.3, -0.25) is 9.48 Å². The maximum atomic E-state index is 12.4. The summed E-state index contributed by atoms with van der Waals surface area (Å²) in [5.41, 5.74) is 0.948. The zero-order valence-corrected chi connectivity index (χ0v) is 15.5. The number of aromatic nitrogens is 2. The fourth-order valence-electron chi connectivity index (χ4n) is 2.83. The monoisotopic (exact) mass is 379 g/mol. The SMILES string of the molecule is Cn1cc(-c2ccc(CCNC(=O)c3cc4ccccc4oc3=O)s2)cn1. The highest BCUT2D eigenvalue weighted by Gasteiger charge is 2.13. The van der Waals surface area contributed by atoms with Crippen molar-refractivity contribution in [1.82, 2.24) is 15.1 Å². The Bertz CT molecular complexity index is 1170. The second-order valence-corrected chi connectivity index (χ2v) is 7.33. The van der Waals surface area contributed by atoms with E-state index in [2.05, 4.69) is 16.5 Å². The number of nitrogens with zero attached hydrogens (tertiary/aromatic N) is 2. The van der Waals surface area contributed by atoms with Gasteiger partial charge in [0.25, 0.3) is 5.91 Å². The van der Waals surface area contributed by atoms with Gasteiger partial charge in [0.2, 0.25) is 0 Å². The molecule has 0 aliphatic carbocycles. The summed E-state index contributed by atoms with van der Waals surface area (Å²) >= 11 is 1.67. The largest absolute Gasteiger partial charge is 0.422 e. The second-order valence-electron chi connectivity index (χ2n) is 6.16. The molecule has 27 heavy (non-hydrogen) atoms. The number of carbonyl (C=O) groups excluding carboxylic acids is 1. The van der Waals surface area contributed by atoms with Crippen LogP contribution in [0.25, 0.3) is 21.4 Å². The number of carbonyl (C=O) groups is 1. The predicted molar refractivity (Wildman–Crippen MR) is 105 cm³/mol. The van der Waals surface area contributed by atoms with E-state index in [1.165, 1.54) is 0 Å². The van der Waals surface area contributed by atoms with Crippen LogP contribution in [0.1, 0.15) is 15.2 Å². The lowest BCUT2D eigenvalue weighted by Crippen LogP contribution is -2.29. The third-order valence-electron chi connectivity index (χ3n) is 4.19. The summed E-state index contributed by atoms with van der Waals surface area (Å²) in [6.45, 7) is 0.443. The average molecular weight is 379 g/mol. The molecule has 0 atom stereocenters. The summed E-state index contributed by atoms with van der Waals surface area (Å²) in [6, 6.07) is 12.8. The number of thiophene rings is 1. The number of aryl methyl sites for hydroxylation is 1. The molecule has 1 aromatic carbocycles. The number of benzene rings is 1.